The van der Waals surface area contributed by atoms with Crippen LogP contribution in [0.15, 0.2) is 6.07 Å². The molecule has 1 aromatic heterocycles. The lowest BCUT2D eigenvalue weighted by Crippen LogP contribution is -2.44. The molecule has 1 N–H and O–H groups in total. The fourth-order valence-corrected chi connectivity index (χ4v) is 2.40. The number of carbonyl (C=O) groups is 1. The second-order valence-corrected chi connectivity index (χ2v) is 6.25. The summed E-state index contributed by atoms with van der Waals surface area (Å²) in [6, 6.07) is 2.08. The molecule has 1 rings (SSSR count). The number of amides is 1. The zero-order chi connectivity index (χ0) is 15.4. The molecular formula is C16H29N3O. The number of likely N-dealkylation sites (N-methyl/N-ethyl adjacent to an activating group) is 1. The SMILES string of the molecule is Cc1cc(CNC(CC(C)C)C(=O)N(C)C)c(C)n1C. The number of aryl methyl sites for hydroxylation is 1. The lowest BCUT2D eigenvalue weighted by atomic mass is 10.0. The third-order valence-corrected chi connectivity index (χ3v) is 3.86. The standard InChI is InChI=1S/C16H29N3O/c1-11(2)8-15(16(20)18(5)6)17-10-14-9-12(3)19(7)13(14)4/h9,11,15,17H,8,10H2,1-7H3. The van der Waals surface area contributed by atoms with E-state index in [2.05, 4.69) is 50.7 Å². The van der Waals surface area contributed by atoms with E-state index in [1.807, 2.05) is 14.1 Å². The van der Waals surface area contributed by atoms with Gasteiger partial charge in [0.25, 0.3) is 0 Å². The van der Waals surface area contributed by atoms with Gasteiger partial charge in [-0.3, -0.25) is 4.79 Å². The molecule has 0 aliphatic rings. The maximum Gasteiger partial charge on any atom is 0.239 e. The summed E-state index contributed by atoms with van der Waals surface area (Å²) in [5.74, 6) is 0.652. The van der Waals surface area contributed by atoms with Crippen molar-refractivity contribution in [2.75, 3.05) is 14.1 Å². The highest BCUT2D eigenvalue weighted by Crippen LogP contribution is 2.14. The number of aromatic nitrogens is 1. The highest BCUT2D eigenvalue weighted by Gasteiger charge is 2.21. The summed E-state index contributed by atoms with van der Waals surface area (Å²) < 4.78 is 2.18. The van der Waals surface area contributed by atoms with E-state index >= 15 is 0 Å². The van der Waals surface area contributed by atoms with Crippen LogP contribution in [-0.2, 0) is 18.4 Å². The summed E-state index contributed by atoms with van der Waals surface area (Å²) in [5, 5.41) is 3.43. The van der Waals surface area contributed by atoms with Crippen LogP contribution < -0.4 is 5.32 Å². The van der Waals surface area contributed by atoms with Gasteiger partial charge in [-0.25, -0.2) is 0 Å². The van der Waals surface area contributed by atoms with E-state index in [9.17, 15) is 4.79 Å². The zero-order valence-electron chi connectivity index (χ0n) is 13.9. The first kappa shape index (κ1) is 16.8. The maximum absolute atomic E-state index is 12.2. The quantitative estimate of drug-likeness (QED) is 0.867. The molecule has 0 radical (unpaired) electrons. The van der Waals surface area contributed by atoms with Crippen LogP contribution in [0.4, 0.5) is 0 Å². The van der Waals surface area contributed by atoms with Crippen LogP contribution in [-0.4, -0.2) is 35.5 Å². The molecular weight excluding hydrogens is 250 g/mol. The molecule has 1 amide bonds. The summed E-state index contributed by atoms with van der Waals surface area (Å²) in [6.07, 6.45) is 0.863. The minimum Gasteiger partial charge on any atom is -0.352 e. The monoisotopic (exact) mass is 279 g/mol. The summed E-state index contributed by atoms with van der Waals surface area (Å²) in [4.78, 5) is 13.9. The summed E-state index contributed by atoms with van der Waals surface area (Å²) in [6.45, 7) is 9.26. The largest absolute Gasteiger partial charge is 0.352 e. The Hall–Kier alpha value is -1.29. The van der Waals surface area contributed by atoms with E-state index < -0.39 is 0 Å². The Morgan fingerprint density at radius 3 is 2.35 bits per heavy atom. The summed E-state index contributed by atoms with van der Waals surface area (Å²) in [7, 11) is 5.70. The molecule has 0 bridgehead atoms. The van der Waals surface area contributed by atoms with Gasteiger partial charge in [0.2, 0.25) is 5.91 Å². The Balaban J connectivity index is 2.75. The van der Waals surface area contributed by atoms with Gasteiger partial charge < -0.3 is 14.8 Å². The average Bonchev–Trinajstić information content (AvgIpc) is 2.60. The second kappa shape index (κ2) is 6.93. The van der Waals surface area contributed by atoms with Crippen molar-refractivity contribution in [1.29, 1.82) is 0 Å². The molecule has 0 saturated carbocycles. The minimum absolute atomic E-state index is 0.107. The first-order valence-electron chi connectivity index (χ1n) is 7.30. The van der Waals surface area contributed by atoms with Gasteiger partial charge >= 0.3 is 0 Å². The molecule has 4 heteroatoms. The molecule has 1 atom stereocenters. The Labute approximate surface area is 123 Å². The smallest absolute Gasteiger partial charge is 0.239 e. The van der Waals surface area contributed by atoms with Crippen molar-refractivity contribution in [2.45, 2.75) is 46.7 Å². The van der Waals surface area contributed by atoms with Gasteiger partial charge in [0.05, 0.1) is 6.04 Å². The summed E-state index contributed by atoms with van der Waals surface area (Å²) in [5.41, 5.74) is 3.78. The Bertz CT molecular complexity index is 461. The highest BCUT2D eigenvalue weighted by molar-refractivity contribution is 5.81. The third-order valence-electron chi connectivity index (χ3n) is 3.86. The van der Waals surface area contributed by atoms with Gasteiger partial charge in [-0.05, 0) is 37.8 Å². The number of carbonyl (C=O) groups excluding carboxylic acids is 1. The lowest BCUT2D eigenvalue weighted by Gasteiger charge is -2.23. The van der Waals surface area contributed by atoms with Crippen LogP contribution in [0.2, 0.25) is 0 Å². The molecule has 0 aromatic carbocycles. The fraction of sp³-hybridized carbons (Fsp3) is 0.688. The van der Waals surface area contributed by atoms with Crippen LogP contribution in [0.3, 0.4) is 0 Å². The first-order chi connectivity index (χ1) is 9.23. The summed E-state index contributed by atoms with van der Waals surface area (Å²) >= 11 is 0. The van der Waals surface area contributed by atoms with Crippen LogP contribution in [0.1, 0.15) is 37.2 Å². The number of rotatable bonds is 6. The van der Waals surface area contributed by atoms with Gasteiger partial charge in [-0.1, -0.05) is 13.8 Å². The van der Waals surface area contributed by atoms with E-state index in [-0.39, 0.29) is 11.9 Å². The average molecular weight is 279 g/mol. The second-order valence-electron chi connectivity index (χ2n) is 6.25. The van der Waals surface area contributed by atoms with Crippen molar-refractivity contribution in [3.05, 3.63) is 23.0 Å². The lowest BCUT2D eigenvalue weighted by molar-refractivity contribution is -0.131. The number of hydrogen-bond acceptors (Lipinski definition) is 2. The van der Waals surface area contributed by atoms with E-state index in [0.717, 1.165) is 13.0 Å². The predicted molar refractivity (Wildman–Crippen MR) is 83.7 cm³/mol. The molecule has 1 unspecified atom stereocenters. The Morgan fingerprint density at radius 1 is 1.35 bits per heavy atom. The molecule has 0 aliphatic carbocycles. The fourth-order valence-electron chi connectivity index (χ4n) is 2.40. The highest BCUT2D eigenvalue weighted by atomic mass is 16.2. The van der Waals surface area contributed by atoms with Crippen LogP contribution >= 0.6 is 0 Å². The van der Waals surface area contributed by atoms with E-state index in [0.29, 0.717) is 5.92 Å². The van der Waals surface area contributed by atoms with Gasteiger partial charge in [0.1, 0.15) is 0 Å². The molecule has 0 fully saturated rings. The number of nitrogens with zero attached hydrogens (tertiary/aromatic N) is 2. The molecule has 0 spiro atoms. The van der Waals surface area contributed by atoms with Gasteiger partial charge in [-0.15, -0.1) is 0 Å². The van der Waals surface area contributed by atoms with Crippen LogP contribution in [0, 0.1) is 19.8 Å². The minimum atomic E-state index is -0.107. The van der Waals surface area contributed by atoms with Crippen molar-refractivity contribution in [2.24, 2.45) is 13.0 Å². The number of hydrogen-bond donors (Lipinski definition) is 1. The predicted octanol–water partition coefficient (Wildman–Crippen LogP) is 2.23. The topological polar surface area (TPSA) is 37.3 Å². The molecule has 20 heavy (non-hydrogen) atoms. The zero-order valence-corrected chi connectivity index (χ0v) is 13.9. The first-order valence-corrected chi connectivity index (χ1v) is 7.30. The number of nitrogens with one attached hydrogen (secondary N) is 1. The van der Waals surface area contributed by atoms with Crippen LogP contribution in [0.5, 0.6) is 0 Å². The molecule has 1 aromatic rings. The molecule has 114 valence electrons. The molecule has 0 aliphatic heterocycles. The van der Waals surface area contributed by atoms with Gasteiger partial charge in [-0.2, -0.15) is 0 Å². The van der Waals surface area contributed by atoms with Crippen LogP contribution in [0.25, 0.3) is 0 Å². The van der Waals surface area contributed by atoms with Crippen molar-refractivity contribution >= 4 is 5.91 Å². The van der Waals surface area contributed by atoms with E-state index in [4.69, 9.17) is 0 Å². The van der Waals surface area contributed by atoms with Crippen molar-refractivity contribution < 1.29 is 4.79 Å². The molecule has 4 nitrogen and oxygen atoms in total. The van der Waals surface area contributed by atoms with Gasteiger partial charge in [0.15, 0.2) is 0 Å². The van der Waals surface area contributed by atoms with Gasteiger partial charge in [0, 0.05) is 39.1 Å². The molecule has 1 heterocycles. The van der Waals surface area contributed by atoms with E-state index in [1.54, 1.807) is 4.90 Å². The maximum atomic E-state index is 12.2. The van der Waals surface area contributed by atoms with Crippen molar-refractivity contribution in [1.82, 2.24) is 14.8 Å². The molecule has 0 saturated heterocycles. The van der Waals surface area contributed by atoms with E-state index in [1.165, 1.54) is 17.0 Å². The van der Waals surface area contributed by atoms with Crippen molar-refractivity contribution in [3.63, 3.8) is 0 Å². The Morgan fingerprint density at radius 2 is 1.95 bits per heavy atom. The van der Waals surface area contributed by atoms with Crippen molar-refractivity contribution in [3.8, 4) is 0 Å². The normalized spacial score (nSPS) is 12.8. The third kappa shape index (κ3) is 4.10. The Kier molecular flexibility index (Phi) is 5.81.